The molecule has 0 fully saturated rings. The Morgan fingerprint density at radius 1 is 1.27 bits per heavy atom. The van der Waals surface area contributed by atoms with Gasteiger partial charge < -0.3 is 9.84 Å². The summed E-state index contributed by atoms with van der Waals surface area (Å²) in [4.78, 5) is 22.8. The van der Waals surface area contributed by atoms with Gasteiger partial charge in [-0.25, -0.2) is 0 Å². The summed E-state index contributed by atoms with van der Waals surface area (Å²) in [6.07, 6.45) is 0. The molecule has 116 valence electrons. The zero-order valence-electron chi connectivity index (χ0n) is 12.6. The van der Waals surface area contributed by atoms with Crippen LogP contribution in [0.25, 0.3) is 0 Å². The zero-order valence-corrected chi connectivity index (χ0v) is 12.6. The van der Waals surface area contributed by atoms with Gasteiger partial charge in [0.2, 0.25) is 11.5 Å². The van der Waals surface area contributed by atoms with E-state index in [0.717, 1.165) is 5.56 Å². The molecule has 0 aliphatic heterocycles. The molecule has 7 nitrogen and oxygen atoms in total. The quantitative estimate of drug-likeness (QED) is 0.675. The van der Waals surface area contributed by atoms with Gasteiger partial charge in [0.25, 0.3) is 5.91 Å². The number of nitro groups is 1. The first-order valence-corrected chi connectivity index (χ1v) is 6.91. The van der Waals surface area contributed by atoms with Crippen molar-refractivity contribution in [1.29, 1.82) is 0 Å². The predicted molar refractivity (Wildman–Crippen MR) is 79.6 cm³/mol. The highest BCUT2D eigenvalue weighted by Crippen LogP contribution is 2.30. The van der Waals surface area contributed by atoms with Crippen LogP contribution in [0.2, 0.25) is 0 Å². The lowest BCUT2D eigenvalue weighted by Crippen LogP contribution is -2.27. The summed E-state index contributed by atoms with van der Waals surface area (Å²) < 4.78 is 4.97. The van der Waals surface area contributed by atoms with Gasteiger partial charge in [0.1, 0.15) is 0 Å². The molecule has 0 saturated carbocycles. The summed E-state index contributed by atoms with van der Waals surface area (Å²) in [7, 11) is 0. The summed E-state index contributed by atoms with van der Waals surface area (Å²) in [5.41, 5.74) is 0.232. The Kier molecular flexibility index (Phi) is 4.55. The monoisotopic (exact) mass is 303 g/mol. The Hall–Kier alpha value is -2.70. The van der Waals surface area contributed by atoms with Crippen LogP contribution in [0.15, 0.2) is 34.9 Å². The maximum absolute atomic E-state index is 12.3. The molecule has 0 bridgehead atoms. The Bertz CT molecular complexity index is 679. The normalized spacial score (nSPS) is 12.2. The summed E-state index contributed by atoms with van der Waals surface area (Å²) in [6, 6.07) is 9.01. The number of nitrogens with zero attached hydrogens (tertiary/aromatic N) is 2. The Labute approximate surface area is 127 Å². The maximum Gasteiger partial charge on any atom is 0.344 e. The number of nitrogens with one attached hydrogen (secondary N) is 1. The van der Waals surface area contributed by atoms with Gasteiger partial charge in [-0.3, -0.25) is 14.9 Å². The van der Waals surface area contributed by atoms with Crippen molar-refractivity contribution in [3.8, 4) is 0 Å². The number of hydrogen-bond donors (Lipinski definition) is 1. The number of benzene rings is 1. The lowest BCUT2D eigenvalue weighted by Gasteiger charge is -2.12. The van der Waals surface area contributed by atoms with Crippen molar-refractivity contribution in [2.45, 2.75) is 32.7 Å². The molecule has 1 N–H and O–H groups in total. The van der Waals surface area contributed by atoms with Crippen LogP contribution in [-0.2, 0) is 0 Å². The number of carbonyl (C=O) groups excluding carboxylic acids is 1. The third kappa shape index (κ3) is 3.13. The number of carbonyl (C=O) groups is 1. The standard InChI is InChI=1S/C15H17N3O4/c1-9(2)14-13(18(20)21)12(17-22-14)15(19)16-10(3)11-7-5-4-6-8-11/h4-10H,1-3H3,(H,16,19)/t10-/m1/s1. The van der Waals surface area contributed by atoms with Gasteiger partial charge in [-0.05, 0) is 12.5 Å². The Morgan fingerprint density at radius 3 is 2.45 bits per heavy atom. The average Bonchev–Trinajstić information content (AvgIpc) is 2.93. The molecule has 0 spiro atoms. The van der Waals surface area contributed by atoms with Crippen LogP contribution < -0.4 is 5.32 Å². The van der Waals surface area contributed by atoms with Crippen LogP contribution in [0, 0.1) is 10.1 Å². The van der Waals surface area contributed by atoms with Crippen molar-refractivity contribution in [3.05, 3.63) is 57.5 Å². The zero-order chi connectivity index (χ0) is 16.3. The van der Waals surface area contributed by atoms with Gasteiger partial charge in [-0.15, -0.1) is 0 Å². The van der Waals surface area contributed by atoms with Crippen molar-refractivity contribution in [1.82, 2.24) is 10.5 Å². The summed E-state index contributed by atoms with van der Waals surface area (Å²) in [5.74, 6) is -0.762. The first-order valence-electron chi connectivity index (χ1n) is 6.91. The van der Waals surface area contributed by atoms with Crippen molar-refractivity contribution in [3.63, 3.8) is 0 Å². The van der Waals surface area contributed by atoms with Crippen LogP contribution in [0.1, 0.15) is 54.5 Å². The third-order valence-electron chi connectivity index (χ3n) is 3.26. The van der Waals surface area contributed by atoms with E-state index in [0.29, 0.717) is 0 Å². The smallest absolute Gasteiger partial charge is 0.344 e. The second kappa shape index (κ2) is 6.38. The van der Waals surface area contributed by atoms with Crippen LogP contribution >= 0.6 is 0 Å². The van der Waals surface area contributed by atoms with Crippen LogP contribution in [0.5, 0.6) is 0 Å². The van der Waals surface area contributed by atoms with Gasteiger partial charge >= 0.3 is 5.69 Å². The molecule has 1 heterocycles. The van der Waals surface area contributed by atoms with Crippen LogP contribution in [0.4, 0.5) is 5.69 Å². The van der Waals surface area contributed by atoms with E-state index in [1.165, 1.54) is 0 Å². The minimum Gasteiger partial charge on any atom is -0.353 e. The number of hydrogen-bond acceptors (Lipinski definition) is 5. The fourth-order valence-electron chi connectivity index (χ4n) is 2.09. The predicted octanol–water partition coefficient (Wildman–Crippen LogP) is 3.20. The average molecular weight is 303 g/mol. The second-order valence-corrected chi connectivity index (χ2v) is 5.26. The van der Waals surface area contributed by atoms with E-state index in [-0.39, 0.29) is 29.1 Å². The maximum atomic E-state index is 12.3. The molecule has 1 aromatic heterocycles. The molecule has 1 amide bonds. The molecule has 0 saturated heterocycles. The van der Waals surface area contributed by atoms with Crippen LogP contribution in [0.3, 0.4) is 0 Å². The van der Waals surface area contributed by atoms with Crippen molar-refractivity contribution in [2.24, 2.45) is 0 Å². The minimum absolute atomic E-state index is 0.0996. The van der Waals surface area contributed by atoms with Gasteiger partial charge in [-0.1, -0.05) is 49.3 Å². The van der Waals surface area contributed by atoms with Gasteiger partial charge in [0.15, 0.2) is 0 Å². The van der Waals surface area contributed by atoms with Gasteiger partial charge in [0, 0.05) is 5.92 Å². The second-order valence-electron chi connectivity index (χ2n) is 5.26. The molecule has 0 unspecified atom stereocenters. The molecule has 2 aromatic rings. The molecule has 1 atom stereocenters. The summed E-state index contributed by atoms with van der Waals surface area (Å²) in [5, 5.41) is 17.5. The topological polar surface area (TPSA) is 98.3 Å². The van der Waals surface area contributed by atoms with E-state index in [1.807, 2.05) is 30.3 Å². The summed E-state index contributed by atoms with van der Waals surface area (Å²) >= 11 is 0. The van der Waals surface area contributed by atoms with Crippen LogP contribution in [-0.4, -0.2) is 16.0 Å². The lowest BCUT2D eigenvalue weighted by atomic mass is 10.1. The highest BCUT2D eigenvalue weighted by molar-refractivity contribution is 5.96. The fraction of sp³-hybridized carbons (Fsp3) is 0.333. The molecule has 7 heteroatoms. The minimum atomic E-state index is -0.631. The molecule has 0 radical (unpaired) electrons. The summed E-state index contributed by atoms with van der Waals surface area (Å²) in [6.45, 7) is 5.27. The Balaban J connectivity index is 2.25. The molecule has 1 aromatic carbocycles. The number of amides is 1. The largest absolute Gasteiger partial charge is 0.353 e. The van der Waals surface area contributed by atoms with E-state index in [2.05, 4.69) is 10.5 Å². The molecule has 2 rings (SSSR count). The SMILES string of the molecule is CC(C)c1onc(C(=O)N[C@H](C)c2ccccc2)c1[N+](=O)[O-]. The van der Waals surface area contributed by atoms with Gasteiger partial charge in [-0.2, -0.15) is 0 Å². The first kappa shape index (κ1) is 15.7. The Morgan fingerprint density at radius 2 is 1.91 bits per heavy atom. The van der Waals surface area contributed by atoms with E-state index in [1.54, 1.807) is 20.8 Å². The number of aromatic nitrogens is 1. The number of rotatable bonds is 5. The van der Waals surface area contributed by atoms with Crippen molar-refractivity contribution < 1.29 is 14.2 Å². The molecule has 22 heavy (non-hydrogen) atoms. The fourth-order valence-corrected chi connectivity index (χ4v) is 2.09. The molecular formula is C15H17N3O4. The van der Waals surface area contributed by atoms with Crippen molar-refractivity contribution in [2.75, 3.05) is 0 Å². The van der Waals surface area contributed by atoms with Crippen molar-refractivity contribution >= 4 is 11.6 Å². The van der Waals surface area contributed by atoms with E-state index >= 15 is 0 Å². The molecule has 0 aliphatic rings. The highest BCUT2D eigenvalue weighted by atomic mass is 16.6. The van der Waals surface area contributed by atoms with E-state index in [4.69, 9.17) is 4.52 Å². The van der Waals surface area contributed by atoms with Gasteiger partial charge in [0.05, 0.1) is 11.0 Å². The van der Waals surface area contributed by atoms with E-state index < -0.39 is 10.8 Å². The van der Waals surface area contributed by atoms with E-state index in [9.17, 15) is 14.9 Å². The molecule has 0 aliphatic carbocycles. The lowest BCUT2D eigenvalue weighted by molar-refractivity contribution is -0.386. The first-order chi connectivity index (χ1) is 10.4. The molecular weight excluding hydrogens is 286 g/mol. The highest BCUT2D eigenvalue weighted by Gasteiger charge is 2.33. The third-order valence-corrected chi connectivity index (χ3v) is 3.26.